The molecule has 0 fully saturated rings. The molecular formula is C47H58N2O11. The van der Waals surface area contributed by atoms with Crippen LogP contribution in [0.3, 0.4) is 0 Å². The Morgan fingerprint density at radius 3 is 2.23 bits per heavy atom. The van der Waals surface area contributed by atoms with Crippen LogP contribution in [0, 0.1) is 37.5 Å². The molecule has 2 aromatic rings. The lowest BCUT2D eigenvalue weighted by Gasteiger charge is -2.36. The summed E-state index contributed by atoms with van der Waals surface area (Å²) >= 11 is 0. The largest absolute Gasteiger partial charge is 0.507 e. The molecule has 0 saturated carbocycles. The van der Waals surface area contributed by atoms with Crippen molar-refractivity contribution in [3.8, 4) is 23.0 Å². The SMILES string of the molecule is CCc1c(C(C)C)c(C)cc2nc3c4c5c6c(C)c(O)c4c(=O)c(c-3oc12)NC(=O)/C(C)=C\C=C\[C@H](C)[C@H](O)[C@@H](C)[C@@H](O)[C@@H](C)[C@H](O)[C@H](C)[C@@H](OC)/C=C/O[C@@](C)(O6)C5=O. The second-order valence-corrected chi connectivity index (χ2v) is 17.1. The van der Waals surface area contributed by atoms with E-state index in [0.29, 0.717) is 17.5 Å². The average molecular weight is 827 g/mol. The first-order valence-corrected chi connectivity index (χ1v) is 20.6. The first kappa shape index (κ1) is 44.5. The topological polar surface area (TPSA) is 198 Å². The van der Waals surface area contributed by atoms with Gasteiger partial charge in [-0.1, -0.05) is 66.7 Å². The van der Waals surface area contributed by atoms with Gasteiger partial charge in [0.1, 0.15) is 28.4 Å². The molecule has 2 aromatic carbocycles. The van der Waals surface area contributed by atoms with Crippen molar-refractivity contribution in [2.24, 2.45) is 23.7 Å². The fraction of sp³-hybridized carbons (Fsp3) is 0.489. The molecule has 0 unspecified atom stereocenters. The second kappa shape index (κ2) is 16.8. The van der Waals surface area contributed by atoms with E-state index < -0.39 is 76.7 Å². The minimum Gasteiger partial charge on any atom is -0.507 e. The van der Waals surface area contributed by atoms with Gasteiger partial charge in [0, 0.05) is 59.8 Å². The van der Waals surface area contributed by atoms with E-state index in [-0.39, 0.29) is 56.3 Å². The van der Waals surface area contributed by atoms with Crippen LogP contribution in [-0.2, 0) is 20.7 Å². The Balaban J connectivity index is 1.65. The Bertz CT molecular complexity index is 2480. The van der Waals surface area contributed by atoms with Gasteiger partial charge in [-0.15, -0.1) is 0 Å². The van der Waals surface area contributed by atoms with Gasteiger partial charge >= 0.3 is 5.79 Å². The zero-order chi connectivity index (χ0) is 44.3. The number of nitrogens with one attached hydrogen (secondary N) is 1. The van der Waals surface area contributed by atoms with Gasteiger partial charge in [-0.3, -0.25) is 14.4 Å². The van der Waals surface area contributed by atoms with Crippen molar-refractivity contribution in [1.82, 2.24) is 4.98 Å². The highest BCUT2D eigenvalue weighted by Gasteiger charge is 2.50. The number of allylic oxidation sites excluding steroid dienone is 2. The zero-order valence-corrected chi connectivity index (χ0v) is 36.5. The van der Waals surface area contributed by atoms with E-state index in [1.807, 2.05) is 19.9 Å². The van der Waals surface area contributed by atoms with Crippen LogP contribution in [0.5, 0.6) is 11.5 Å². The summed E-state index contributed by atoms with van der Waals surface area (Å²) in [7, 11) is 1.45. The third kappa shape index (κ3) is 7.39. The molecule has 9 atom stereocenters. The van der Waals surface area contributed by atoms with Crippen molar-refractivity contribution in [2.75, 3.05) is 12.4 Å². The molecule has 13 nitrogen and oxygen atoms in total. The van der Waals surface area contributed by atoms with Crippen LogP contribution in [0.2, 0.25) is 0 Å². The number of rotatable bonds is 3. The molecule has 0 saturated heterocycles. The van der Waals surface area contributed by atoms with Crippen LogP contribution >= 0.6 is 0 Å². The summed E-state index contributed by atoms with van der Waals surface area (Å²) in [6.45, 7) is 19.5. The summed E-state index contributed by atoms with van der Waals surface area (Å²) in [4.78, 5) is 48.4. The van der Waals surface area contributed by atoms with Crippen molar-refractivity contribution >= 4 is 39.2 Å². The van der Waals surface area contributed by atoms with Crippen molar-refractivity contribution in [2.45, 2.75) is 119 Å². The number of phenols is 1. The van der Waals surface area contributed by atoms with Gasteiger partial charge < -0.3 is 44.4 Å². The molecule has 4 aliphatic heterocycles. The van der Waals surface area contributed by atoms with E-state index in [1.54, 1.807) is 46.8 Å². The lowest BCUT2D eigenvalue weighted by Crippen LogP contribution is -2.44. The number of ketones is 1. The second-order valence-electron chi connectivity index (χ2n) is 17.1. The number of aromatic nitrogens is 1. The van der Waals surface area contributed by atoms with Crippen LogP contribution in [0.15, 0.2) is 51.4 Å². The van der Waals surface area contributed by atoms with Gasteiger partial charge in [0.2, 0.25) is 5.43 Å². The lowest BCUT2D eigenvalue weighted by atomic mass is 9.78. The monoisotopic (exact) mass is 826 g/mol. The molecule has 13 heteroatoms. The summed E-state index contributed by atoms with van der Waals surface area (Å²) in [5, 5.41) is 48.3. The third-order valence-corrected chi connectivity index (χ3v) is 12.6. The predicted molar refractivity (Wildman–Crippen MR) is 230 cm³/mol. The highest BCUT2D eigenvalue weighted by atomic mass is 16.7. The Hall–Kier alpha value is -5.08. The summed E-state index contributed by atoms with van der Waals surface area (Å²) in [6.07, 6.45) is 4.21. The number of benzene rings is 3. The van der Waals surface area contributed by atoms with Gasteiger partial charge in [-0.2, -0.15) is 0 Å². The van der Waals surface area contributed by atoms with E-state index >= 15 is 0 Å². The number of aryl methyl sites for hydroxylation is 2. The van der Waals surface area contributed by atoms with Crippen LogP contribution < -0.4 is 15.5 Å². The fourth-order valence-electron chi connectivity index (χ4n) is 8.93. The minimum atomic E-state index is -1.99. The summed E-state index contributed by atoms with van der Waals surface area (Å²) < 4.78 is 24.7. The number of fused-ring (bicyclic) bond motifs is 14. The Morgan fingerprint density at radius 2 is 1.60 bits per heavy atom. The van der Waals surface area contributed by atoms with Crippen molar-refractivity contribution in [3.05, 3.63) is 80.2 Å². The first-order chi connectivity index (χ1) is 28.2. The highest BCUT2D eigenvalue weighted by molar-refractivity contribution is 6.22. The number of hydrogen-bond donors (Lipinski definition) is 5. The zero-order valence-electron chi connectivity index (χ0n) is 36.5. The summed E-state index contributed by atoms with van der Waals surface area (Å²) in [6, 6.07) is 1.88. The molecule has 7 rings (SSSR count). The molecule has 1 amide bonds. The van der Waals surface area contributed by atoms with Crippen molar-refractivity contribution < 1.29 is 48.6 Å². The van der Waals surface area contributed by atoms with Crippen LogP contribution in [0.1, 0.15) is 101 Å². The van der Waals surface area contributed by atoms with E-state index in [4.69, 9.17) is 23.6 Å². The number of aromatic hydroxyl groups is 1. The maximum atomic E-state index is 14.8. The first-order valence-electron chi connectivity index (χ1n) is 20.6. The number of aliphatic hydroxyl groups is 3. The number of carbonyl (C=O) groups is 2. The molecule has 0 radical (unpaired) electrons. The normalized spacial score (nSPS) is 30.1. The Labute approximate surface area is 350 Å². The highest BCUT2D eigenvalue weighted by Crippen LogP contribution is 2.51. The van der Waals surface area contributed by atoms with Crippen molar-refractivity contribution in [3.63, 3.8) is 0 Å². The fourth-order valence-corrected chi connectivity index (χ4v) is 8.93. The smallest absolute Gasteiger partial charge is 0.312 e. The maximum absolute atomic E-state index is 14.8. The molecule has 1 aliphatic carbocycles. The summed E-state index contributed by atoms with van der Waals surface area (Å²) in [5.41, 5.74) is 2.99. The van der Waals surface area contributed by atoms with Gasteiger partial charge in [-0.25, -0.2) is 4.98 Å². The molecule has 0 aromatic heterocycles. The number of hydrogen-bond acceptors (Lipinski definition) is 12. The number of amides is 1. The molecule has 5 N–H and O–H groups in total. The van der Waals surface area contributed by atoms with Crippen LogP contribution in [0.4, 0.5) is 5.69 Å². The number of aliphatic hydroxyl groups excluding tert-OH is 3. The Morgan fingerprint density at radius 1 is 0.950 bits per heavy atom. The van der Waals surface area contributed by atoms with E-state index in [2.05, 4.69) is 19.2 Å². The number of phenolic OH excluding ortho intramolecular Hbond substituents is 1. The number of Topliss-reactive ketones (excluding diaryl/α,β-unsaturated/α-hetero) is 1. The third-order valence-electron chi connectivity index (χ3n) is 12.6. The van der Waals surface area contributed by atoms with E-state index in [0.717, 1.165) is 16.7 Å². The van der Waals surface area contributed by atoms with Gasteiger partial charge in [0.25, 0.3) is 11.7 Å². The standard InChI is InChI=1S/C47H58N2O11/c1-13-28-31(20(2)3)23(6)19-29-43(28)59-44-35(48-29)32-33-40(53)27(10)42-34(32)45(55)47(11,60-42)58-18-17-30(57-12)24(7)38(51)26(9)39(52)25(8)37(50)21(4)15-14-16-22(5)46(56)49-36(44)41(33)54/h14-21,24-26,30,37-39,50-53H,13H2,1-12H3,(H,49,56)/b15-14+,18-17+,22-16-/t21-,24+,25+,26-,30-,37-,38+,39+,47-/m0/s1. The predicted octanol–water partition coefficient (Wildman–Crippen LogP) is 7.37. The molecule has 60 heavy (non-hydrogen) atoms. The number of methoxy groups -OCH3 is 1. The number of ether oxygens (including phenoxy) is 3. The van der Waals surface area contributed by atoms with Crippen molar-refractivity contribution in [1.29, 1.82) is 0 Å². The average Bonchev–Trinajstić information content (AvgIpc) is 3.48. The quantitative estimate of drug-likeness (QED) is 0.102. The van der Waals surface area contributed by atoms with E-state index in [9.17, 15) is 34.8 Å². The lowest BCUT2D eigenvalue weighted by molar-refractivity contribution is -0.112. The molecule has 0 spiro atoms. The van der Waals surface area contributed by atoms with E-state index in [1.165, 1.54) is 39.4 Å². The minimum absolute atomic E-state index is 0.0163. The van der Waals surface area contributed by atoms with Crippen LogP contribution in [-0.4, -0.2) is 74.4 Å². The van der Waals surface area contributed by atoms with Gasteiger partial charge in [0.05, 0.1) is 41.6 Å². The maximum Gasteiger partial charge on any atom is 0.312 e. The van der Waals surface area contributed by atoms with Gasteiger partial charge in [0.15, 0.2) is 11.3 Å². The number of nitrogens with zero attached hydrogens (tertiary/aromatic N) is 1. The molecule has 4 heterocycles. The molecular weight excluding hydrogens is 769 g/mol. The number of carbonyl (C=O) groups excluding carboxylic acids is 2. The van der Waals surface area contributed by atoms with Gasteiger partial charge in [-0.05, 0) is 56.4 Å². The molecule has 5 aliphatic rings. The molecule has 5 bridgehead atoms. The number of anilines is 1. The molecule has 322 valence electrons. The summed E-state index contributed by atoms with van der Waals surface area (Å²) in [5.74, 6) is -6.18. The Kier molecular flexibility index (Phi) is 12.4. The van der Waals surface area contributed by atoms with Crippen LogP contribution in [0.25, 0.3) is 33.3 Å².